The summed E-state index contributed by atoms with van der Waals surface area (Å²) in [5, 5.41) is 17.3. The van der Waals surface area contributed by atoms with Crippen LogP contribution in [0.4, 0.5) is 0 Å². The molecule has 3 heterocycles. The fourth-order valence-electron chi connectivity index (χ4n) is 3.58. The lowest BCUT2D eigenvalue weighted by Crippen LogP contribution is -2.43. The van der Waals surface area contributed by atoms with E-state index in [1.54, 1.807) is 6.20 Å². The van der Waals surface area contributed by atoms with Gasteiger partial charge in [0, 0.05) is 18.2 Å². The van der Waals surface area contributed by atoms with Crippen molar-refractivity contribution in [1.82, 2.24) is 29.3 Å². The SMILES string of the molecule is N#Cc1ccc(S(=O)(=O)NC2CC(c3nnc4cnc5[nH]ccc5n34)C2)cc1. The summed E-state index contributed by atoms with van der Waals surface area (Å²) in [5.41, 5.74) is 2.75. The second-order valence-electron chi connectivity index (χ2n) is 6.84. The Labute approximate surface area is 160 Å². The number of hydrogen-bond donors (Lipinski definition) is 2. The maximum atomic E-state index is 12.5. The lowest BCUT2D eigenvalue weighted by Gasteiger charge is -2.34. The molecule has 0 atom stereocenters. The number of H-pyrrole nitrogens is 1. The van der Waals surface area contributed by atoms with Crippen LogP contribution in [0.1, 0.15) is 30.1 Å². The van der Waals surface area contributed by atoms with Crippen LogP contribution in [0.3, 0.4) is 0 Å². The zero-order valence-electron chi connectivity index (χ0n) is 14.6. The van der Waals surface area contributed by atoms with Gasteiger partial charge in [-0.1, -0.05) is 0 Å². The fourth-order valence-corrected chi connectivity index (χ4v) is 4.85. The van der Waals surface area contributed by atoms with Crippen LogP contribution < -0.4 is 4.72 Å². The van der Waals surface area contributed by atoms with Crippen LogP contribution >= 0.6 is 0 Å². The van der Waals surface area contributed by atoms with Crippen LogP contribution in [0.5, 0.6) is 0 Å². The normalized spacial score (nSPS) is 19.5. The number of sulfonamides is 1. The number of rotatable bonds is 4. The summed E-state index contributed by atoms with van der Waals surface area (Å²) < 4.78 is 29.8. The number of benzene rings is 1. The van der Waals surface area contributed by atoms with Gasteiger partial charge in [-0.15, -0.1) is 10.2 Å². The average Bonchev–Trinajstić information content (AvgIpc) is 3.30. The van der Waals surface area contributed by atoms with E-state index in [0.717, 1.165) is 17.0 Å². The van der Waals surface area contributed by atoms with Crippen molar-refractivity contribution in [2.75, 3.05) is 0 Å². The molecule has 28 heavy (non-hydrogen) atoms. The summed E-state index contributed by atoms with van der Waals surface area (Å²) in [7, 11) is -3.62. The van der Waals surface area contributed by atoms with Gasteiger partial charge in [0.25, 0.3) is 0 Å². The zero-order valence-corrected chi connectivity index (χ0v) is 15.4. The molecule has 5 rings (SSSR count). The lowest BCUT2D eigenvalue weighted by atomic mass is 9.80. The average molecular weight is 393 g/mol. The molecule has 9 nitrogen and oxygen atoms in total. The smallest absolute Gasteiger partial charge is 0.240 e. The van der Waals surface area contributed by atoms with Crippen LogP contribution in [0.2, 0.25) is 0 Å². The van der Waals surface area contributed by atoms with Gasteiger partial charge in [0.1, 0.15) is 5.82 Å². The van der Waals surface area contributed by atoms with Crippen molar-refractivity contribution in [3.63, 3.8) is 0 Å². The van der Waals surface area contributed by atoms with Crippen LogP contribution in [-0.2, 0) is 10.0 Å². The number of hydrogen-bond acceptors (Lipinski definition) is 6. The summed E-state index contributed by atoms with van der Waals surface area (Å²) in [6.45, 7) is 0. The molecule has 0 saturated heterocycles. The van der Waals surface area contributed by atoms with Crippen molar-refractivity contribution in [3.05, 3.63) is 54.1 Å². The molecule has 1 aliphatic carbocycles. The molecule has 140 valence electrons. The summed E-state index contributed by atoms with van der Waals surface area (Å²) in [6.07, 6.45) is 4.77. The Morgan fingerprint density at radius 1 is 1.18 bits per heavy atom. The van der Waals surface area contributed by atoms with Gasteiger partial charge in [-0.3, -0.25) is 4.40 Å². The maximum Gasteiger partial charge on any atom is 0.240 e. The van der Waals surface area contributed by atoms with Gasteiger partial charge in [0.05, 0.1) is 28.2 Å². The zero-order chi connectivity index (χ0) is 19.3. The third-order valence-corrected chi connectivity index (χ3v) is 6.62. The highest BCUT2D eigenvalue weighted by Gasteiger charge is 2.36. The van der Waals surface area contributed by atoms with E-state index in [9.17, 15) is 8.42 Å². The second-order valence-corrected chi connectivity index (χ2v) is 8.56. The van der Waals surface area contributed by atoms with Crippen molar-refractivity contribution < 1.29 is 8.42 Å². The highest BCUT2D eigenvalue weighted by Crippen LogP contribution is 2.37. The molecule has 10 heteroatoms. The molecule has 1 saturated carbocycles. The number of fused-ring (bicyclic) bond motifs is 3. The van der Waals surface area contributed by atoms with Crippen molar-refractivity contribution in [2.24, 2.45) is 0 Å². The fraction of sp³-hybridized carbons (Fsp3) is 0.222. The Kier molecular flexibility index (Phi) is 3.68. The molecule has 0 unspecified atom stereocenters. The third kappa shape index (κ3) is 2.64. The minimum atomic E-state index is -3.62. The quantitative estimate of drug-likeness (QED) is 0.543. The predicted molar refractivity (Wildman–Crippen MR) is 99.9 cm³/mol. The molecule has 1 fully saturated rings. The first kappa shape index (κ1) is 16.9. The van der Waals surface area contributed by atoms with E-state index >= 15 is 0 Å². The van der Waals surface area contributed by atoms with Crippen molar-refractivity contribution in [3.8, 4) is 6.07 Å². The molecule has 4 aromatic rings. The van der Waals surface area contributed by atoms with E-state index in [1.807, 2.05) is 22.7 Å². The first-order valence-electron chi connectivity index (χ1n) is 8.75. The Hall–Kier alpha value is -3.29. The number of nitriles is 1. The minimum Gasteiger partial charge on any atom is -0.345 e. The van der Waals surface area contributed by atoms with E-state index in [4.69, 9.17) is 5.26 Å². The van der Waals surface area contributed by atoms with Gasteiger partial charge < -0.3 is 4.98 Å². The van der Waals surface area contributed by atoms with Crippen molar-refractivity contribution in [1.29, 1.82) is 5.26 Å². The number of nitrogens with zero attached hydrogens (tertiary/aromatic N) is 5. The van der Waals surface area contributed by atoms with Crippen LogP contribution in [0.25, 0.3) is 16.8 Å². The molecule has 0 amide bonds. The molecule has 2 N–H and O–H groups in total. The molecule has 1 aromatic carbocycles. The molecule has 3 aromatic heterocycles. The van der Waals surface area contributed by atoms with E-state index < -0.39 is 10.0 Å². The van der Waals surface area contributed by atoms with Gasteiger partial charge in [0.15, 0.2) is 11.3 Å². The summed E-state index contributed by atoms with van der Waals surface area (Å²) in [6, 6.07) is 9.62. The number of aromatic nitrogens is 5. The van der Waals surface area contributed by atoms with Gasteiger partial charge in [-0.2, -0.15) is 5.26 Å². The standard InChI is InChI=1S/C18H15N7O2S/c19-9-11-1-3-14(4-2-11)28(26,27)24-13-7-12(8-13)18-23-22-16-10-21-17-15(25(16)18)5-6-20-17/h1-6,10,12-13,20,24H,7-8H2. The van der Waals surface area contributed by atoms with E-state index in [2.05, 4.69) is 24.9 Å². The molecular weight excluding hydrogens is 378 g/mol. The van der Waals surface area contributed by atoms with Crippen LogP contribution in [0, 0.1) is 11.3 Å². The summed E-state index contributed by atoms with van der Waals surface area (Å²) >= 11 is 0. The minimum absolute atomic E-state index is 0.115. The van der Waals surface area contributed by atoms with Gasteiger partial charge in [-0.05, 0) is 43.2 Å². The highest BCUT2D eigenvalue weighted by atomic mass is 32.2. The van der Waals surface area contributed by atoms with Gasteiger partial charge >= 0.3 is 0 Å². The van der Waals surface area contributed by atoms with E-state index in [0.29, 0.717) is 24.1 Å². The second kappa shape index (κ2) is 6.12. The monoisotopic (exact) mass is 393 g/mol. The topological polar surface area (TPSA) is 129 Å². The van der Waals surface area contributed by atoms with E-state index in [1.165, 1.54) is 24.3 Å². The van der Waals surface area contributed by atoms with E-state index in [-0.39, 0.29) is 16.9 Å². The van der Waals surface area contributed by atoms with Gasteiger partial charge in [-0.25, -0.2) is 18.1 Å². The Bertz CT molecular complexity index is 1330. The molecular formula is C18H15N7O2S. The Balaban J connectivity index is 1.34. The largest absolute Gasteiger partial charge is 0.345 e. The first-order valence-corrected chi connectivity index (χ1v) is 10.2. The Morgan fingerprint density at radius 2 is 1.96 bits per heavy atom. The summed E-state index contributed by atoms with van der Waals surface area (Å²) in [4.78, 5) is 7.53. The lowest BCUT2D eigenvalue weighted by molar-refractivity contribution is 0.314. The third-order valence-electron chi connectivity index (χ3n) is 5.09. The Morgan fingerprint density at radius 3 is 2.71 bits per heavy atom. The summed E-state index contributed by atoms with van der Waals surface area (Å²) in [5.74, 6) is 0.931. The van der Waals surface area contributed by atoms with Gasteiger partial charge in [0.2, 0.25) is 10.0 Å². The molecule has 1 aliphatic rings. The van der Waals surface area contributed by atoms with Crippen molar-refractivity contribution >= 4 is 26.8 Å². The van der Waals surface area contributed by atoms with Crippen molar-refractivity contribution in [2.45, 2.75) is 29.7 Å². The molecule has 0 bridgehead atoms. The van der Waals surface area contributed by atoms with Crippen LogP contribution in [0.15, 0.2) is 47.6 Å². The predicted octanol–water partition coefficient (Wildman–Crippen LogP) is 1.70. The first-order chi connectivity index (χ1) is 13.5. The number of nitrogens with one attached hydrogen (secondary N) is 2. The molecule has 0 aliphatic heterocycles. The molecule has 0 spiro atoms. The maximum absolute atomic E-state index is 12.5. The van der Waals surface area contributed by atoms with Crippen LogP contribution in [-0.4, -0.2) is 39.0 Å². The molecule has 0 radical (unpaired) electrons. The highest BCUT2D eigenvalue weighted by molar-refractivity contribution is 7.89. The number of aromatic amines is 1.